The maximum Gasteiger partial charge on any atom is 0.226 e. The molecule has 0 bridgehead atoms. The first kappa shape index (κ1) is 19.2. The molecule has 156 valence electrons. The number of fused-ring (bicyclic) bond motifs is 3. The van der Waals surface area contributed by atoms with Gasteiger partial charge in [-0.05, 0) is 38.2 Å². The third-order valence-corrected chi connectivity index (χ3v) is 7.28. The predicted molar refractivity (Wildman–Crippen MR) is 113 cm³/mol. The number of aromatic amines is 1. The molecule has 6 nitrogen and oxygen atoms in total. The van der Waals surface area contributed by atoms with E-state index in [-0.39, 0.29) is 23.7 Å². The summed E-state index contributed by atoms with van der Waals surface area (Å²) in [5, 5.41) is 13.5. The van der Waals surface area contributed by atoms with E-state index in [1.54, 1.807) is 0 Å². The van der Waals surface area contributed by atoms with Gasteiger partial charge in [0.25, 0.3) is 0 Å². The van der Waals surface area contributed by atoms with E-state index in [9.17, 15) is 14.9 Å². The van der Waals surface area contributed by atoms with Crippen molar-refractivity contribution in [2.24, 2.45) is 11.8 Å². The third kappa shape index (κ3) is 3.17. The maximum atomic E-state index is 13.5. The number of nitrogens with zero attached hydrogens (tertiary/aromatic N) is 2. The first-order chi connectivity index (χ1) is 14.5. The highest BCUT2D eigenvalue weighted by atomic mass is 16.2. The molecule has 6 heteroatoms. The minimum absolute atomic E-state index is 0.101. The zero-order valence-corrected chi connectivity index (χ0v) is 17.5. The molecule has 30 heavy (non-hydrogen) atoms. The van der Waals surface area contributed by atoms with Crippen LogP contribution < -0.4 is 5.32 Å². The molecule has 2 N–H and O–H groups in total. The van der Waals surface area contributed by atoms with Gasteiger partial charge in [0.2, 0.25) is 11.8 Å². The number of nitrogens with one attached hydrogen (secondary N) is 2. The van der Waals surface area contributed by atoms with Crippen LogP contribution in [0.2, 0.25) is 0 Å². The number of carbonyl (C=O) groups is 2. The van der Waals surface area contributed by atoms with E-state index in [0.29, 0.717) is 13.1 Å². The van der Waals surface area contributed by atoms with Crippen molar-refractivity contribution in [2.75, 3.05) is 6.54 Å². The number of aryl methyl sites for hydroxylation is 1. The normalized spacial score (nSPS) is 24.7. The molecule has 2 amide bonds. The highest BCUT2D eigenvalue weighted by molar-refractivity contribution is 5.90. The highest BCUT2D eigenvalue weighted by Gasteiger charge is 2.47. The molecule has 0 radical (unpaired) electrons. The van der Waals surface area contributed by atoms with Crippen molar-refractivity contribution < 1.29 is 9.59 Å². The lowest BCUT2D eigenvalue weighted by atomic mass is 9.77. The van der Waals surface area contributed by atoms with E-state index < -0.39 is 5.54 Å². The van der Waals surface area contributed by atoms with Gasteiger partial charge in [0.05, 0.1) is 6.07 Å². The molecule has 2 heterocycles. The molecule has 0 saturated heterocycles. The Hall–Kier alpha value is -2.81. The van der Waals surface area contributed by atoms with Crippen LogP contribution in [0.5, 0.6) is 0 Å². The Labute approximate surface area is 176 Å². The van der Waals surface area contributed by atoms with Gasteiger partial charge in [-0.1, -0.05) is 31.0 Å². The van der Waals surface area contributed by atoms with E-state index in [1.807, 2.05) is 4.90 Å². The van der Waals surface area contributed by atoms with Gasteiger partial charge in [-0.25, -0.2) is 0 Å². The van der Waals surface area contributed by atoms with Crippen LogP contribution in [0.25, 0.3) is 10.9 Å². The van der Waals surface area contributed by atoms with Crippen LogP contribution >= 0.6 is 0 Å². The molecule has 1 aliphatic heterocycles. The van der Waals surface area contributed by atoms with Gasteiger partial charge in [0.1, 0.15) is 5.54 Å². The number of amides is 2. The Kier molecular flexibility index (Phi) is 4.57. The fourth-order valence-corrected chi connectivity index (χ4v) is 5.27. The molecule has 2 saturated carbocycles. The van der Waals surface area contributed by atoms with E-state index in [2.05, 4.69) is 41.5 Å². The zero-order valence-electron chi connectivity index (χ0n) is 17.5. The number of carbonyl (C=O) groups excluding carboxylic acids is 2. The SMILES string of the molecule is Cc1cccc2c3c([nH]c12)CCN(C(=O)C1CCCCC1C(=O)NC1(C#N)CC1)C3. The number of nitriles is 1. The van der Waals surface area contributed by atoms with Crippen molar-refractivity contribution in [3.05, 3.63) is 35.0 Å². The van der Waals surface area contributed by atoms with Crippen molar-refractivity contribution in [1.29, 1.82) is 5.26 Å². The van der Waals surface area contributed by atoms with Crippen LogP contribution in [0.15, 0.2) is 18.2 Å². The number of rotatable bonds is 3. The summed E-state index contributed by atoms with van der Waals surface area (Å²) < 4.78 is 0. The fraction of sp³-hybridized carbons (Fsp3) is 0.542. The van der Waals surface area contributed by atoms with E-state index in [1.165, 1.54) is 22.2 Å². The molecular formula is C24H28N4O2. The summed E-state index contributed by atoms with van der Waals surface area (Å²) in [5.41, 5.74) is 4.15. The molecule has 0 spiro atoms. The zero-order chi connectivity index (χ0) is 20.9. The summed E-state index contributed by atoms with van der Waals surface area (Å²) in [5.74, 6) is -0.595. The van der Waals surface area contributed by atoms with Crippen LogP contribution in [-0.2, 0) is 22.6 Å². The molecular weight excluding hydrogens is 376 g/mol. The Bertz CT molecular complexity index is 1060. The minimum atomic E-state index is -0.677. The second-order valence-corrected chi connectivity index (χ2v) is 9.27. The molecule has 1 aromatic carbocycles. The average Bonchev–Trinajstić information content (AvgIpc) is 3.44. The smallest absolute Gasteiger partial charge is 0.226 e. The summed E-state index contributed by atoms with van der Waals surface area (Å²) in [4.78, 5) is 32.0. The van der Waals surface area contributed by atoms with Gasteiger partial charge in [-0.2, -0.15) is 5.26 Å². The summed E-state index contributed by atoms with van der Waals surface area (Å²) in [7, 11) is 0. The lowest BCUT2D eigenvalue weighted by molar-refractivity contribution is -0.144. The lowest BCUT2D eigenvalue weighted by Crippen LogP contribution is -2.48. The topological polar surface area (TPSA) is 89.0 Å². The van der Waals surface area contributed by atoms with Crippen LogP contribution in [0.3, 0.4) is 0 Å². The Balaban J connectivity index is 1.36. The molecule has 2 atom stereocenters. The number of hydrogen-bond donors (Lipinski definition) is 2. The summed E-state index contributed by atoms with van der Waals surface area (Å²) in [6, 6.07) is 8.52. The van der Waals surface area contributed by atoms with Gasteiger partial charge in [0.15, 0.2) is 0 Å². The minimum Gasteiger partial charge on any atom is -0.358 e. The fourth-order valence-electron chi connectivity index (χ4n) is 5.27. The molecule has 3 aliphatic rings. The van der Waals surface area contributed by atoms with Crippen LogP contribution in [0.4, 0.5) is 0 Å². The first-order valence-electron chi connectivity index (χ1n) is 11.1. The average molecular weight is 405 g/mol. The Morgan fingerprint density at radius 1 is 1.23 bits per heavy atom. The monoisotopic (exact) mass is 404 g/mol. The predicted octanol–water partition coefficient (Wildman–Crippen LogP) is 3.34. The van der Waals surface area contributed by atoms with Gasteiger partial charge in [0, 0.05) is 53.5 Å². The molecule has 1 aromatic heterocycles. The number of benzene rings is 1. The maximum absolute atomic E-state index is 13.5. The van der Waals surface area contributed by atoms with E-state index >= 15 is 0 Å². The van der Waals surface area contributed by atoms with Crippen molar-refractivity contribution in [2.45, 2.75) is 64.0 Å². The molecule has 5 rings (SSSR count). The number of hydrogen-bond acceptors (Lipinski definition) is 3. The van der Waals surface area contributed by atoms with Gasteiger partial charge in [-0.15, -0.1) is 0 Å². The quantitative estimate of drug-likeness (QED) is 0.822. The first-order valence-corrected chi connectivity index (χ1v) is 11.1. The van der Waals surface area contributed by atoms with Crippen molar-refractivity contribution >= 4 is 22.7 Å². The Morgan fingerprint density at radius 3 is 2.73 bits per heavy atom. The largest absolute Gasteiger partial charge is 0.358 e. The third-order valence-electron chi connectivity index (χ3n) is 7.28. The van der Waals surface area contributed by atoms with Crippen molar-refractivity contribution in [1.82, 2.24) is 15.2 Å². The number of para-hydroxylation sites is 1. The van der Waals surface area contributed by atoms with Crippen molar-refractivity contribution in [3.63, 3.8) is 0 Å². The molecule has 2 unspecified atom stereocenters. The standard InChI is InChI=1S/C24H28N4O2/c1-15-5-4-8-16-19-13-28(12-9-20(19)26-21(15)16)23(30)18-7-3-2-6-17(18)22(29)27-24(14-25)10-11-24/h4-5,8,17-18,26H,2-3,6-7,9-13H2,1H3,(H,27,29). The number of H-pyrrole nitrogens is 1. The van der Waals surface area contributed by atoms with Crippen LogP contribution in [0.1, 0.15) is 55.3 Å². The highest BCUT2D eigenvalue weighted by Crippen LogP contribution is 2.38. The second kappa shape index (κ2) is 7.16. The summed E-state index contributed by atoms with van der Waals surface area (Å²) in [6.45, 7) is 3.39. The summed E-state index contributed by atoms with van der Waals surface area (Å²) in [6.07, 6.45) is 5.69. The van der Waals surface area contributed by atoms with Gasteiger partial charge >= 0.3 is 0 Å². The van der Waals surface area contributed by atoms with Gasteiger partial charge in [-0.3, -0.25) is 9.59 Å². The second-order valence-electron chi connectivity index (χ2n) is 9.27. The van der Waals surface area contributed by atoms with Crippen LogP contribution in [-0.4, -0.2) is 33.8 Å². The molecule has 2 aliphatic carbocycles. The molecule has 2 fully saturated rings. The summed E-state index contributed by atoms with van der Waals surface area (Å²) >= 11 is 0. The van der Waals surface area contributed by atoms with E-state index in [0.717, 1.165) is 50.5 Å². The van der Waals surface area contributed by atoms with Crippen LogP contribution in [0, 0.1) is 30.1 Å². The lowest BCUT2D eigenvalue weighted by Gasteiger charge is -2.36. The van der Waals surface area contributed by atoms with E-state index in [4.69, 9.17) is 0 Å². The molecule has 2 aromatic rings. The van der Waals surface area contributed by atoms with Crippen molar-refractivity contribution in [3.8, 4) is 6.07 Å². The van der Waals surface area contributed by atoms with Gasteiger partial charge < -0.3 is 15.2 Å². The Morgan fingerprint density at radius 2 is 2.00 bits per heavy atom. The number of aromatic nitrogens is 1.